The van der Waals surface area contributed by atoms with Crippen LogP contribution in [0.3, 0.4) is 0 Å². The average Bonchev–Trinajstić information content (AvgIpc) is 3.66. The number of aromatic nitrogens is 2. The van der Waals surface area contributed by atoms with Gasteiger partial charge in [-0.25, -0.2) is 30.3 Å². The third-order valence-corrected chi connectivity index (χ3v) is 8.46. The Bertz CT molecular complexity index is 1070. The molecular formula is C20H26MoN8O2S10. The van der Waals surface area contributed by atoms with Gasteiger partial charge in [0.2, 0.25) is 0 Å². The Morgan fingerprint density at radius 1 is 0.756 bits per heavy atom. The SMILES string of the molecule is S=C(S)N(c1ccc[nH]1)N(C(=S)[S-])N1CCSCC1.S=C(S)N(c1ccc[nH]1)N(C(=S)[S-])N1CCSCC1.[O]=[Mo+2]=[O]. The van der Waals surface area contributed by atoms with Crippen molar-refractivity contribution in [1.82, 2.24) is 30.2 Å². The van der Waals surface area contributed by atoms with Crippen molar-refractivity contribution >= 4 is 152 Å². The van der Waals surface area contributed by atoms with Gasteiger partial charge in [-0.1, -0.05) is 24.4 Å². The molecule has 2 aliphatic rings. The number of hydrogen-bond acceptors (Lipinski definition) is 12. The van der Waals surface area contributed by atoms with Crippen LogP contribution in [0.4, 0.5) is 11.6 Å². The number of hydrogen-bond donors (Lipinski definition) is 4. The fourth-order valence-corrected chi connectivity index (χ4v) is 6.90. The molecule has 0 amide bonds. The van der Waals surface area contributed by atoms with Crippen LogP contribution in [0.1, 0.15) is 0 Å². The molecule has 2 fully saturated rings. The van der Waals surface area contributed by atoms with Crippen molar-refractivity contribution in [3.05, 3.63) is 36.7 Å². The molecule has 2 saturated heterocycles. The van der Waals surface area contributed by atoms with E-state index in [2.05, 4.69) is 45.2 Å². The third kappa shape index (κ3) is 11.9. The van der Waals surface area contributed by atoms with Gasteiger partial charge in [-0.3, -0.25) is 0 Å². The van der Waals surface area contributed by atoms with Crippen molar-refractivity contribution in [3.8, 4) is 0 Å². The van der Waals surface area contributed by atoms with Crippen LogP contribution in [-0.4, -0.2) is 96.7 Å². The summed E-state index contributed by atoms with van der Waals surface area (Å²) in [4.78, 5) is 6.21. The average molecular weight is 827 g/mol. The van der Waals surface area contributed by atoms with Crippen molar-refractivity contribution in [3.63, 3.8) is 0 Å². The molecule has 0 atom stereocenters. The van der Waals surface area contributed by atoms with Crippen molar-refractivity contribution in [2.75, 3.05) is 59.2 Å². The summed E-state index contributed by atoms with van der Waals surface area (Å²) in [6.07, 6.45) is 3.65. The molecule has 21 heteroatoms. The van der Waals surface area contributed by atoms with Gasteiger partial charge in [-0.15, -0.1) is 25.3 Å². The number of thiol groups is 2. The molecule has 0 unspecified atom stereocenters. The molecule has 2 N–H and O–H groups in total. The molecule has 0 spiro atoms. The molecule has 10 nitrogen and oxygen atoms in total. The summed E-state index contributed by atoms with van der Waals surface area (Å²) in [5, 5.41) is 11.2. The Balaban J connectivity index is 0.000000262. The monoisotopic (exact) mass is 828 g/mol. The fourth-order valence-electron chi connectivity index (χ4n) is 3.61. The number of aromatic amines is 2. The number of nitrogens with zero attached hydrogens (tertiary/aromatic N) is 6. The van der Waals surface area contributed by atoms with Gasteiger partial charge in [-0.05, 0) is 32.9 Å². The number of anilines is 2. The molecule has 0 bridgehead atoms. The molecule has 4 rings (SSSR count). The first-order chi connectivity index (χ1) is 19.6. The quantitative estimate of drug-likeness (QED) is 0.118. The predicted octanol–water partition coefficient (Wildman–Crippen LogP) is 3.86. The summed E-state index contributed by atoms with van der Waals surface area (Å²) in [6.45, 7) is 3.54. The molecule has 224 valence electrons. The maximum atomic E-state index is 8.50. The number of rotatable bonds is 4. The van der Waals surface area contributed by atoms with Crippen molar-refractivity contribution in [2.45, 2.75) is 0 Å². The van der Waals surface area contributed by atoms with Gasteiger partial charge in [-0.2, -0.15) is 23.5 Å². The Kier molecular flexibility index (Phi) is 18.4. The van der Waals surface area contributed by atoms with Crippen LogP contribution >= 0.6 is 97.7 Å². The van der Waals surface area contributed by atoms with E-state index < -0.39 is 18.5 Å². The Morgan fingerprint density at radius 3 is 1.29 bits per heavy atom. The van der Waals surface area contributed by atoms with Gasteiger partial charge in [0, 0.05) is 61.6 Å². The molecule has 0 aliphatic carbocycles. The Morgan fingerprint density at radius 2 is 1.07 bits per heavy atom. The predicted molar refractivity (Wildman–Crippen MR) is 192 cm³/mol. The summed E-state index contributed by atoms with van der Waals surface area (Å²) in [6, 6.07) is 7.60. The number of thioether (sulfide) groups is 2. The number of thiocarbonyl (C=S) groups is 4. The van der Waals surface area contributed by atoms with Crippen LogP contribution in [0.5, 0.6) is 0 Å². The molecule has 2 aliphatic heterocycles. The van der Waals surface area contributed by atoms with Crippen LogP contribution in [-0.2, 0) is 50.5 Å². The van der Waals surface area contributed by atoms with E-state index in [0.29, 0.717) is 17.3 Å². The molecule has 41 heavy (non-hydrogen) atoms. The minimum atomic E-state index is -2.03. The third-order valence-electron chi connectivity index (χ3n) is 5.20. The molecule has 4 heterocycles. The first-order valence-electron chi connectivity index (χ1n) is 11.6. The van der Waals surface area contributed by atoms with Gasteiger partial charge < -0.3 is 59.7 Å². The number of nitrogens with one attached hydrogen (secondary N) is 2. The minimum absolute atomic E-state index is 0.331. The summed E-state index contributed by atoms with van der Waals surface area (Å²) < 4.78 is 18.5. The van der Waals surface area contributed by atoms with Crippen molar-refractivity contribution in [1.29, 1.82) is 0 Å². The van der Waals surface area contributed by atoms with E-state index in [-0.39, 0.29) is 0 Å². The van der Waals surface area contributed by atoms with Gasteiger partial charge in [0.15, 0.2) is 8.64 Å². The van der Waals surface area contributed by atoms with E-state index in [1.807, 2.05) is 60.2 Å². The summed E-state index contributed by atoms with van der Waals surface area (Å²) >= 11 is 41.7. The van der Waals surface area contributed by atoms with Gasteiger partial charge >= 0.3 is 25.3 Å². The van der Waals surface area contributed by atoms with Crippen molar-refractivity contribution in [2.24, 2.45) is 0 Å². The zero-order valence-electron chi connectivity index (χ0n) is 21.2. The molecule has 0 radical (unpaired) electrons. The maximum absolute atomic E-state index is 8.50. The zero-order valence-corrected chi connectivity index (χ0v) is 31.5. The summed E-state index contributed by atoms with van der Waals surface area (Å²) in [5.41, 5.74) is 0. The molecule has 0 aromatic carbocycles. The number of hydrazine groups is 4. The normalized spacial score (nSPS) is 15.1. The Labute approximate surface area is 300 Å². The second-order valence-corrected chi connectivity index (χ2v) is 14.7. The number of H-pyrrole nitrogens is 2. The van der Waals surface area contributed by atoms with Gasteiger partial charge in [0.1, 0.15) is 11.6 Å². The van der Waals surface area contributed by atoms with E-state index in [4.69, 9.17) is 80.9 Å². The standard InChI is InChI=1S/2C10H14N4S5.Mo.2O/c2*15-9(16)13(8-2-1-3-11-8)14(10(17)18)12-4-6-19-7-5-12;;;/h2*1-3,11H,4-7H2,(H,15,16)(H,17,18);;;/q;;+2;;/p-2. The van der Waals surface area contributed by atoms with E-state index in [9.17, 15) is 0 Å². The summed E-state index contributed by atoms with van der Waals surface area (Å²) in [7, 11) is 0. The topological polar surface area (TPSA) is 85.2 Å². The second-order valence-electron chi connectivity index (χ2n) is 7.61. The fraction of sp³-hybridized carbons (Fsp3) is 0.400. The van der Waals surface area contributed by atoms with Crippen molar-refractivity contribution < 1.29 is 25.3 Å². The molecule has 0 saturated carbocycles. The second kappa shape index (κ2) is 20.2. The first-order valence-corrected chi connectivity index (χ1v) is 18.8. The van der Waals surface area contributed by atoms with Crippen LogP contribution in [0, 0.1) is 0 Å². The molecular weight excluding hydrogens is 801 g/mol. The van der Waals surface area contributed by atoms with Crippen LogP contribution in [0.15, 0.2) is 36.7 Å². The first kappa shape index (κ1) is 37.4. The van der Waals surface area contributed by atoms with Gasteiger partial charge in [0.25, 0.3) is 0 Å². The van der Waals surface area contributed by atoms with E-state index in [1.54, 1.807) is 20.3 Å². The molecule has 2 aromatic rings. The van der Waals surface area contributed by atoms with Crippen LogP contribution < -0.4 is 10.0 Å². The van der Waals surface area contributed by atoms with Crippen LogP contribution in [0.2, 0.25) is 0 Å². The van der Waals surface area contributed by atoms with E-state index in [0.717, 1.165) is 60.8 Å². The van der Waals surface area contributed by atoms with E-state index in [1.165, 1.54) is 0 Å². The molecule has 2 aromatic heterocycles. The van der Waals surface area contributed by atoms with Crippen LogP contribution in [0.25, 0.3) is 0 Å². The zero-order chi connectivity index (χ0) is 30.4. The Hall–Kier alpha value is 0.168. The summed E-state index contributed by atoms with van der Waals surface area (Å²) in [5.74, 6) is 5.79. The van der Waals surface area contributed by atoms with Gasteiger partial charge in [0.05, 0.1) is 0 Å². The van der Waals surface area contributed by atoms with E-state index >= 15 is 0 Å².